The first-order valence-electron chi connectivity index (χ1n) is 3.87. The molecule has 1 rings (SSSR count). The van der Waals surface area contributed by atoms with Gasteiger partial charge >= 0.3 is 0 Å². The molecule has 0 spiro atoms. The SMILES string of the molecule is CCOc1c(Br)cc(F)c(F)c1C=O. The lowest BCUT2D eigenvalue weighted by molar-refractivity contribution is 0.111. The van der Waals surface area contributed by atoms with Gasteiger partial charge in [0, 0.05) is 0 Å². The summed E-state index contributed by atoms with van der Waals surface area (Å²) in [7, 11) is 0. The van der Waals surface area contributed by atoms with Crippen molar-refractivity contribution >= 4 is 22.2 Å². The Balaban J connectivity index is 3.38. The maximum Gasteiger partial charge on any atom is 0.173 e. The van der Waals surface area contributed by atoms with Gasteiger partial charge in [-0.2, -0.15) is 0 Å². The van der Waals surface area contributed by atoms with Gasteiger partial charge in [-0.05, 0) is 28.9 Å². The van der Waals surface area contributed by atoms with E-state index in [1.54, 1.807) is 6.92 Å². The Morgan fingerprint density at radius 1 is 1.57 bits per heavy atom. The Labute approximate surface area is 88.0 Å². The van der Waals surface area contributed by atoms with E-state index in [2.05, 4.69) is 15.9 Å². The van der Waals surface area contributed by atoms with Crippen molar-refractivity contribution in [3.8, 4) is 5.75 Å². The molecule has 76 valence electrons. The third kappa shape index (κ3) is 1.92. The van der Waals surface area contributed by atoms with Crippen molar-refractivity contribution in [3.63, 3.8) is 0 Å². The Hall–Kier alpha value is -0.970. The number of ether oxygens (including phenoxy) is 1. The normalized spacial score (nSPS) is 10.0. The maximum absolute atomic E-state index is 13.1. The van der Waals surface area contributed by atoms with Gasteiger partial charge in [-0.1, -0.05) is 0 Å². The quantitative estimate of drug-likeness (QED) is 0.620. The lowest BCUT2D eigenvalue weighted by atomic mass is 10.2. The molecule has 0 saturated heterocycles. The van der Waals surface area contributed by atoms with Gasteiger partial charge < -0.3 is 4.74 Å². The summed E-state index contributed by atoms with van der Waals surface area (Å²) in [6.45, 7) is 1.95. The lowest BCUT2D eigenvalue weighted by Gasteiger charge is -2.09. The number of halogens is 3. The molecule has 0 saturated carbocycles. The van der Waals surface area contributed by atoms with Gasteiger partial charge in [0.2, 0.25) is 0 Å². The zero-order valence-electron chi connectivity index (χ0n) is 7.31. The van der Waals surface area contributed by atoms with E-state index in [0.29, 0.717) is 0 Å². The molecule has 0 atom stereocenters. The molecule has 14 heavy (non-hydrogen) atoms. The molecule has 0 aliphatic rings. The van der Waals surface area contributed by atoms with Crippen LogP contribution in [0.3, 0.4) is 0 Å². The first-order chi connectivity index (χ1) is 6.61. The minimum absolute atomic E-state index is 0.0291. The Kier molecular flexibility index (Phi) is 3.57. The summed E-state index contributed by atoms with van der Waals surface area (Å²) >= 11 is 2.98. The smallest absolute Gasteiger partial charge is 0.173 e. The summed E-state index contributed by atoms with van der Waals surface area (Å²) in [6, 6.07) is 0.924. The average molecular weight is 265 g/mol. The number of carbonyl (C=O) groups is 1. The van der Waals surface area contributed by atoms with E-state index in [0.717, 1.165) is 6.07 Å². The number of aldehydes is 1. The summed E-state index contributed by atoms with van der Waals surface area (Å²) < 4.78 is 31.1. The van der Waals surface area contributed by atoms with E-state index in [1.165, 1.54) is 0 Å². The van der Waals surface area contributed by atoms with Crippen LogP contribution in [-0.4, -0.2) is 12.9 Å². The number of hydrogen-bond acceptors (Lipinski definition) is 2. The summed E-state index contributed by atoms with van der Waals surface area (Å²) in [5, 5.41) is 0. The van der Waals surface area contributed by atoms with Crippen LogP contribution in [0.1, 0.15) is 17.3 Å². The van der Waals surface area contributed by atoms with E-state index in [-0.39, 0.29) is 23.1 Å². The second kappa shape index (κ2) is 4.50. The predicted molar refractivity (Wildman–Crippen MR) is 50.6 cm³/mol. The second-order valence-electron chi connectivity index (χ2n) is 2.45. The predicted octanol–water partition coefficient (Wildman–Crippen LogP) is 2.94. The van der Waals surface area contributed by atoms with Crippen molar-refractivity contribution < 1.29 is 18.3 Å². The van der Waals surface area contributed by atoms with Crippen molar-refractivity contribution in [2.24, 2.45) is 0 Å². The van der Waals surface area contributed by atoms with Gasteiger partial charge in [0.1, 0.15) is 5.75 Å². The van der Waals surface area contributed by atoms with Gasteiger partial charge in [-0.15, -0.1) is 0 Å². The summed E-state index contributed by atoms with van der Waals surface area (Å²) in [4.78, 5) is 10.5. The molecule has 1 aromatic carbocycles. The highest BCUT2D eigenvalue weighted by Gasteiger charge is 2.17. The minimum Gasteiger partial charge on any atom is -0.492 e. The van der Waals surface area contributed by atoms with Gasteiger partial charge in [0.05, 0.1) is 16.6 Å². The number of carbonyl (C=O) groups excluding carboxylic acids is 1. The van der Waals surface area contributed by atoms with Gasteiger partial charge in [-0.25, -0.2) is 8.78 Å². The molecule has 0 aliphatic carbocycles. The first-order valence-corrected chi connectivity index (χ1v) is 4.66. The van der Waals surface area contributed by atoms with Crippen LogP contribution in [0.2, 0.25) is 0 Å². The summed E-state index contributed by atoms with van der Waals surface area (Å²) in [5.41, 5.74) is -0.404. The van der Waals surface area contributed by atoms with Crippen molar-refractivity contribution in [2.45, 2.75) is 6.92 Å². The van der Waals surface area contributed by atoms with E-state index in [9.17, 15) is 13.6 Å². The van der Waals surface area contributed by atoms with Gasteiger partial charge in [0.25, 0.3) is 0 Å². The number of benzene rings is 1. The molecule has 0 aliphatic heterocycles. The molecule has 0 heterocycles. The third-order valence-corrected chi connectivity index (χ3v) is 2.16. The third-order valence-electron chi connectivity index (χ3n) is 1.57. The molecule has 0 radical (unpaired) electrons. The monoisotopic (exact) mass is 264 g/mol. The topological polar surface area (TPSA) is 26.3 Å². The van der Waals surface area contributed by atoms with Crippen LogP contribution < -0.4 is 4.74 Å². The summed E-state index contributed by atoms with van der Waals surface area (Å²) in [5.74, 6) is -2.24. The highest BCUT2D eigenvalue weighted by Crippen LogP contribution is 2.31. The van der Waals surface area contributed by atoms with Crippen molar-refractivity contribution in [2.75, 3.05) is 6.61 Å². The van der Waals surface area contributed by atoms with E-state index in [1.807, 2.05) is 0 Å². The van der Waals surface area contributed by atoms with Gasteiger partial charge in [-0.3, -0.25) is 4.79 Å². The average Bonchev–Trinajstić information content (AvgIpc) is 2.15. The first kappa shape index (κ1) is 11.1. The molecule has 2 nitrogen and oxygen atoms in total. The molecule has 0 unspecified atom stereocenters. The zero-order valence-corrected chi connectivity index (χ0v) is 8.90. The van der Waals surface area contributed by atoms with Crippen LogP contribution in [0.4, 0.5) is 8.78 Å². The van der Waals surface area contributed by atoms with Gasteiger partial charge in [0.15, 0.2) is 17.9 Å². The van der Waals surface area contributed by atoms with Crippen LogP contribution in [0.5, 0.6) is 5.75 Å². The largest absolute Gasteiger partial charge is 0.492 e. The van der Waals surface area contributed by atoms with Crippen LogP contribution in [0.25, 0.3) is 0 Å². The highest BCUT2D eigenvalue weighted by molar-refractivity contribution is 9.10. The number of hydrogen-bond donors (Lipinski definition) is 0. The Bertz CT molecular complexity index is 366. The Morgan fingerprint density at radius 2 is 2.21 bits per heavy atom. The van der Waals surface area contributed by atoms with Crippen LogP contribution in [0.15, 0.2) is 10.5 Å². The second-order valence-corrected chi connectivity index (χ2v) is 3.30. The molecule has 0 N–H and O–H groups in total. The molecule has 5 heteroatoms. The summed E-state index contributed by atoms with van der Waals surface area (Å²) in [6.07, 6.45) is 0.230. The van der Waals surface area contributed by atoms with Crippen molar-refractivity contribution in [1.29, 1.82) is 0 Å². The molecule has 0 aromatic heterocycles. The lowest BCUT2D eigenvalue weighted by Crippen LogP contribution is -2.02. The van der Waals surface area contributed by atoms with Crippen molar-refractivity contribution in [3.05, 3.63) is 27.7 Å². The molecule has 1 aromatic rings. The number of rotatable bonds is 3. The standard InChI is InChI=1S/C9H7BrF2O2/c1-2-14-9-5(4-13)8(12)7(11)3-6(9)10/h3-4H,2H2,1H3. The molecule has 0 bridgehead atoms. The van der Waals surface area contributed by atoms with Crippen LogP contribution >= 0.6 is 15.9 Å². The van der Waals surface area contributed by atoms with E-state index >= 15 is 0 Å². The molecule has 0 amide bonds. The van der Waals surface area contributed by atoms with Crippen LogP contribution in [0, 0.1) is 11.6 Å². The fraction of sp³-hybridized carbons (Fsp3) is 0.222. The van der Waals surface area contributed by atoms with Crippen LogP contribution in [-0.2, 0) is 0 Å². The molecular weight excluding hydrogens is 258 g/mol. The maximum atomic E-state index is 13.1. The van der Waals surface area contributed by atoms with E-state index < -0.39 is 17.2 Å². The minimum atomic E-state index is -1.19. The fourth-order valence-corrected chi connectivity index (χ4v) is 1.52. The molecular formula is C9H7BrF2O2. The highest BCUT2D eigenvalue weighted by atomic mass is 79.9. The zero-order chi connectivity index (χ0) is 10.7. The Morgan fingerprint density at radius 3 is 2.71 bits per heavy atom. The van der Waals surface area contributed by atoms with Crippen molar-refractivity contribution in [1.82, 2.24) is 0 Å². The fourth-order valence-electron chi connectivity index (χ4n) is 0.993. The van der Waals surface area contributed by atoms with E-state index in [4.69, 9.17) is 4.74 Å². The molecule has 0 fully saturated rings.